The first-order valence-electron chi connectivity index (χ1n) is 6.73. The van der Waals surface area contributed by atoms with Crippen LogP contribution in [0, 0.1) is 5.82 Å². The van der Waals surface area contributed by atoms with Gasteiger partial charge in [0.2, 0.25) is 0 Å². The maximum atomic E-state index is 13.9. The summed E-state index contributed by atoms with van der Waals surface area (Å²) in [4.78, 5) is 7.88. The monoisotopic (exact) mass is 325 g/mol. The van der Waals surface area contributed by atoms with Gasteiger partial charge in [0, 0.05) is 44.5 Å². The van der Waals surface area contributed by atoms with Crippen molar-refractivity contribution in [1.82, 2.24) is 18.8 Å². The third kappa shape index (κ3) is 2.51. The fourth-order valence-electron chi connectivity index (χ4n) is 2.60. The van der Waals surface area contributed by atoms with Crippen LogP contribution in [0.5, 0.6) is 0 Å². The molecule has 1 aliphatic rings. The van der Waals surface area contributed by atoms with E-state index < -0.39 is 27.8 Å². The minimum Gasteiger partial charge on any atom is -0.339 e. The summed E-state index contributed by atoms with van der Waals surface area (Å²) in [6, 6.07) is 2.27. The molecule has 1 saturated heterocycles. The van der Waals surface area contributed by atoms with Crippen molar-refractivity contribution in [2.75, 3.05) is 13.1 Å². The molecular formula is C13H16FN5O2S. The second kappa shape index (κ2) is 5.41. The fraction of sp³-hybridized carbons (Fsp3) is 0.385. The van der Waals surface area contributed by atoms with Gasteiger partial charge in [-0.15, -0.1) is 0 Å². The molecule has 0 saturated carbocycles. The molecule has 0 unspecified atom stereocenters. The molecule has 118 valence electrons. The van der Waals surface area contributed by atoms with Crippen LogP contribution in [-0.2, 0) is 17.1 Å². The van der Waals surface area contributed by atoms with Crippen LogP contribution < -0.4 is 5.73 Å². The molecule has 0 aliphatic carbocycles. The van der Waals surface area contributed by atoms with E-state index in [1.54, 1.807) is 11.6 Å². The Morgan fingerprint density at radius 1 is 1.36 bits per heavy atom. The molecule has 1 fully saturated rings. The lowest BCUT2D eigenvalue weighted by Crippen LogP contribution is -2.32. The molecule has 2 aromatic heterocycles. The van der Waals surface area contributed by atoms with E-state index in [9.17, 15) is 12.8 Å². The lowest BCUT2D eigenvalue weighted by atomic mass is 9.99. The number of imidazole rings is 1. The Labute approximate surface area is 127 Å². The molecule has 2 N–H and O–H groups in total. The smallest absolute Gasteiger partial charge is 0.262 e. The highest BCUT2D eigenvalue weighted by atomic mass is 32.2. The topological polar surface area (TPSA) is 94.1 Å². The molecule has 0 spiro atoms. The Balaban J connectivity index is 1.89. The van der Waals surface area contributed by atoms with Crippen molar-refractivity contribution in [1.29, 1.82) is 0 Å². The summed E-state index contributed by atoms with van der Waals surface area (Å²) >= 11 is 0. The molecule has 0 aromatic carbocycles. The molecule has 22 heavy (non-hydrogen) atoms. The molecule has 7 nitrogen and oxygen atoms in total. The van der Waals surface area contributed by atoms with Crippen molar-refractivity contribution >= 4 is 10.0 Å². The van der Waals surface area contributed by atoms with Gasteiger partial charge in [-0.2, -0.15) is 4.31 Å². The number of rotatable bonds is 3. The van der Waals surface area contributed by atoms with E-state index in [2.05, 4.69) is 9.97 Å². The fourth-order valence-corrected chi connectivity index (χ4v) is 4.07. The zero-order chi connectivity index (χ0) is 15.9. The van der Waals surface area contributed by atoms with Gasteiger partial charge < -0.3 is 10.3 Å². The minimum absolute atomic E-state index is 0.0376. The first-order chi connectivity index (χ1) is 10.4. The predicted octanol–water partition coefficient (Wildman–Crippen LogP) is 0.0696. The number of aryl methyl sites for hydroxylation is 1. The number of sulfonamides is 1. The van der Waals surface area contributed by atoms with Gasteiger partial charge in [-0.1, -0.05) is 0 Å². The molecule has 2 atom stereocenters. The van der Waals surface area contributed by atoms with Crippen LogP contribution in [-0.4, -0.2) is 46.4 Å². The normalized spacial score (nSPS) is 23.0. The summed E-state index contributed by atoms with van der Waals surface area (Å²) in [5, 5.41) is -0.0376. The predicted molar refractivity (Wildman–Crippen MR) is 76.9 cm³/mol. The van der Waals surface area contributed by atoms with Crippen LogP contribution in [0.1, 0.15) is 11.6 Å². The van der Waals surface area contributed by atoms with Crippen molar-refractivity contribution in [3.8, 4) is 0 Å². The van der Waals surface area contributed by atoms with Gasteiger partial charge >= 0.3 is 0 Å². The Bertz CT molecular complexity index is 791. The number of pyridine rings is 1. The van der Waals surface area contributed by atoms with Crippen LogP contribution in [0.15, 0.2) is 35.9 Å². The average molecular weight is 325 g/mol. The number of nitrogens with zero attached hydrogens (tertiary/aromatic N) is 4. The highest BCUT2D eigenvalue weighted by Gasteiger charge is 2.40. The maximum absolute atomic E-state index is 13.9. The van der Waals surface area contributed by atoms with Crippen molar-refractivity contribution in [2.45, 2.75) is 17.0 Å². The highest BCUT2D eigenvalue weighted by molar-refractivity contribution is 7.89. The van der Waals surface area contributed by atoms with Gasteiger partial charge in [0.15, 0.2) is 5.03 Å². The lowest BCUT2D eigenvalue weighted by molar-refractivity contribution is 0.465. The molecule has 0 amide bonds. The number of hydrogen-bond acceptors (Lipinski definition) is 5. The summed E-state index contributed by atoms with van der Waals surface area (Å²) in [6.07, 6.45) is 4.31. The van der Waals surface area contributed by atoms with Gasteiger partial charge in [-0.3, -0.25) is 4.98 Å². The summed E-state index contributed by atoms with van der Waals surface area (Å²) < 4.78 is 41.7. The van der Waals surface area contributed by atoms with Gasteiger partial charge in [0.25, 0.3) is 10.0 Å². The molecule has 2 aromatic rings. The van der Waals surface area contributed by atoms with E-state index in [1.165, 1.54) is 35.2 Å². The molecule has 1 aliphatic heterocycles. The standard InChI is InChI=1S/C13H16FN5O2S/c1-18-7-12(17-8-18)22(20,21)19-5-9(11(15)6-19)13-10(14)3-2-4-16-13/h2-4,7-9,11H,5-6,15H2,1H3/t9-,11-/m0/s1. The Morgan fingerprint density at radius 2 is 2.14 bits per heavy atom. The first kappa shape index (κ1) is 15.1. The summed E-state index contributed by atoms with van der Waals surface area (Å²) in [7, 11) is -2.05. The second-order valence-electron chi connectivity index (χ2n) is 5.34. The Kier molecular flexibility index (Phi) is 3.71. The molecule has 0 radical (unpaired) electrons. The van der Waals surface area contributed by atoms with Crippen LogP contribution in [0.2, 0.25) is 0 Å². The van der Waals surface area contributed by atoms with Crippen LogP contribution in [0.25, 0.3) is 0 Å². The molecule has 9 heteroatoms. The van der Waals surface area contributed by atoms with E-state index in [-0.39, 0.29) is 23.8 Å². The van der Waals surface area contributed by atoms with Crippen molar-refractivity contribution in [2.24, 2.45) is 12.8 Å². The SMILES string of the molecule is Cn1cnc(S(=O)(=O)N2C[C@H](c3ncccc3F)[C@@H](N)C2)c1. The second-order valence-corrected chi connectivity index (χ2v) is 7.23. The third-order valence-electron chi connectivity index (χ3n) is 3.76. The van der Waals surface area contributed by atoms with Gasteiger partial charge in [0.05, 0.1) is 12.0 Å². The zero-order valence-electron chi connectivity index (χ0n) is 11.9. The number of nitrogens with two attached hydrogens (primary N) is 1. The summed E-state index contributed by atoms with van der Waals surface area (Å²) in [5.74, 6) is -0.945. The molecular weight excluding hydrogens is 309 g/mol. The average Bonchev–Trinajstić information content (AvgIpc) is 3.06. The van der Waals surface area contributed by atoms with Gasteiger partial charge in [0.1, 0.15) is 5.82 Å². The van der Waals surface area contributed by atoms with Crippen molar-refractivity contribution < 1.29 is 12.8 Å². The summed E-state index contributed by atoms with van der Waals surface area (Å²) in [5.41, 5.74) is 6.21. The van der Waals surface area contributed by atoms with Gasteiger partial charge in [-0.25, -0.2) is 17.8 Å². The largest absolute Gasteiger partial charge is 0.339 e. The molecule has 3 heterocycles. The first-order valence-corrected chi connectivity index (χ1v) is 8.17. The maximum Gasteiger partial charge on any atom is 0.262 e. The van der Waals surface area contributed by atoms with E-state index in [1.807, 2.05) is 0 Å². The van der Waals surface area contributed by atoms with E-state index in [4.69, 9.17) is 5.73 Å². The number of hydrogen-bond donors (Lipinski definition) is 1. The Hall–Kier alpha value is -1.84. The van der Waals surface area contributed by atoms with E-state index in [0.29, 0.717) is 0 Å². The minimum atomic E-state index is -3.73. The quantitative estimate of drug-likeness (QED) is 0.862. The number of halogens is 1. The van der Waals surface area contributed by atoms with E-state index >= 15 is 0 Å². The zero-order valence-corrected chi connectivity index (χ0v) is 12.7. The van der Waals surface area contributed by atoms with Crippen molar-refractivity contribution in [3.63, 3.8) is 0 Å². The molecule has 3 rings (SSSR count). The molecule has 0 bridgehead atoms. The lowest BCUT2D eigenvalue weighted by Gasteiger charge is -2.15. The Morgan fingerprint density at radius 3 is 2.77 bits per heavy atom. The van der Waals surface area contributed by atoms with Crippen LogP contribution in [0.3, 0.4) is 0 Å². The third-order valence-corrected chi connectivity index (χ3v) is 5.47. The van der Waals surface area contributed by atoms with Crippen LogP contribution in [0.4, 0.5) is 4.39 Å². The highest BCUT2D eigenvalue weighted by Crippen LogP contribution is 2.30. The van der Waals surface area contributed by atoms with Crippen LogP contribution >= 0.6 is 0 Å². The van der Waals surface area contributed by atoms with E-state index in [0.717, 1.165) is 0 Å². The summed E-state index contributed by atoms with van der Waals surface area (Å²) in [6.45, 7) is 0.202. The number of aromatic nitrogens is 3. The van der Waals surface area contributed by atoms with Crippen molar-refractivity contribution in [3.05, 3.63) is 42.4 Å². The van der Waals surface area contributed by atoms with Gasteiger partial charge in [-0.05, 0) is 12.1 Å².